The Morgan fingerprint density at radius 1 is 1.05 bits per heavy atom. The lowest BCUT2D eigenvalue weighted by molar-refractivity contribution is -0.274. The van der Waals surface area contributed by atoms with E-state index in [1.165, 1.54) is 52.2 Å². The number of hydrogen-bond acceptors (Lipinski definition) is 5. The fourth-order valence-electron chi connectivity index (χ4n) is 4.47. The minimum Gasteiger partial charge on any atom is -0.406 e. The lowest BCUT2D eigenvalue weighted by atomic mass is 9.99. The van der Waals surface area contributed by atoms with Crippen LogP contribution in [0.3, 0.4) is 0 Å². The molecule has 5 rings (SSSR count). The molecule has 2 amide bonds. The highest BCUT2D eigenvalue weighted by Gasteiger charge is 2.31. The van der Waals surface area contributed by atoms with Crippen LogP contribution in [0.25, 0.3) is 11.4 Å². The quantitative estimate of drug-likeness (QED) is 0.200. The highest BCUT2D eigenvalue weighted by molar-refractivity contribution is 7.07. The molecule has 0 unspecified atom stereocenters. The van der Waals surface area contributed by atoms with E-state index in [-0.39, 0.29) is 5.75 Å². The van der Waals surface area contributed by atoms with E-state index in [4.69, 9.17) is 0 Å². The van der Waals surface area contributed by atoms with Crippen molar-refractivity contribution in [2.24, 2.45) is 4.99 Å². The molecule has 0 bridgehead atoms. The maximum absolute atomic E-state index is 12.8. The maximum atomic E-state index is 12.8. The van der Waals surface area contributed by atoms with Gasteiger partial charge in [-0.05, 0) is 78.4 Å². The number of hydrogen-bond donors (Lipinski definition) is 1. The molecule has 0 saturated carbocycles. The number of alkyl halides is 3. The van der Waals surface area contributed by atoms with Crippen molar-refractivity contribution in [1.29, 1.82) is 0 Å². The summed E-state index contributed by atoms with van der Waals surface area (Å²) in [4.78, 5) is 22.0. The summed E-state index contributed by atoms with van der Waals surface area (Å²) in [7, 11) is 0. The molecule has 43 heavy (non-hydrogen) atoms. The molecule has 0 fully saturated rings. The summed E-state index contributed by atoms with van der Waals surface area (Å²) in [5, 5.41) is 9.16. The maximum Gasteiger partial charge on any atom is 0.573 e. The lowest BCUT2D eigenvalue weighted by Crippen LogP contribution is -2.18. The number of anilines is 1. The number of rotatable bonds is 8. The molecule has 2 heterocycles. The minimum absolute atomic E-state index is 0.303. The summed E-state index contributed by atoms with van der Waals surface area (Å²) < 4.78 is 44.5. The number of nitrogens with one attached hydrogen (secondary N) is 1. The Hall–Kier alpha value is -4.71. The van der Waals surface area contributed by atoms with Crippen LogP contribution in [0, 0.1) is 6.92 Å². The van der Waals surface area contributed by atoms with Crippen LogP contribution < -0.4 is 14.9 Å². The largest absolute Gasteiger partial charge is 0.573 e. The van der Waals surface area contributed by atoms with Gasteiger partial charge in [-0.3, -0.25) is 4.57 Å². The average molecular weight is 607 g/mol. The molecule has 0 spiro atoms. The van der Waals surface area contributed by atoms with Gasteiger partial charge in [-0.1, -0.05) is 38.1 Å². The van der Waals surface area contributed by atoms with E-state index in [0.29, 0.717) is 40.8 Å². The number of urea groups is 1. The summed E-state index contributed by atoms with van der Waals surface area (Å²) >= 11 is 1.39. The number of amides is 2. The Balaban J connectivity index is 1.19. The average Bonchev–Trinajstić information content (AvgIpc) is 3.62. The highest BCUT2D eigenvalue weighted by Crippen LogP contribution is 2.25. The molecule has 0 aliphatic heterocycles. The third-order valence-corrected chi connectivity index (χ3v) is 7.33. The van der Waals surface area contributed by atoms with E-state index < -0.39 is 12.4 Å². The van der Waals surface area contributed by atoms with Gasteiger partial charge in [-0.25, -0.2) is 14.5 Å². The van der Waals surface area contributed by atoms with Gasteiger partial charge < -0.3 is 10.1 Å². The Morgan fingerprint density at radius 3 is 2.49 bits per heavy atom. The van der Waals surface area contributed by atoms with E-state index in [0.717, 1.165) is 16.8 Å². The third kappa shape index (κ3) is 7.77. The van der Waals surface area contributed by atoms with Crippen LogP contribution in [0.5, 0.6) is 5.75 Å². The number of nitrogens with zero attached hydrogens (tertiary/aromatic N) is 5. The normalized spacial score (nSPS) is 12.1. The number of carbonyl (C=O) groups excluding carboxylic acids is 1. The Morgan fingerprint density at radius 2 is 1.79 bits per heavy atom. The predicted molar refractivity (Wildman–Crippen MR) is 159 cm³/mol. The lowest BCUT2D eigenvalue weighted by Gasteiger charge is -2.14. The minimum atomic E-state index is -4.74. The van der Waals surface area contributed by atoms with Crippen LogP contribution in [0.4, 0.5) is 23.7 Å². The van der Waals surface area contributed by atoms with Gasteiger partial charge >= 0.3 is 12.4 Å². The molecule has 0 aliphatic rings. The van der Waals surface area contributed by atoms with Crippen LogP contribution in [0.15, 0.2) is 89.6 Å². The zero-order chi connectivity index (χ0) is 30.6. The molecule has 3 aromatic carbocycles. The van der Waals surface area contributed by atoms with Gasteiger partial charge in [0.1, 0.15) is 12.1 Å². The number of halogens is 3. The summed E-state index contributed by atoms with van der Waals surface area (Å²) in [6, 6.07) is 18.7. The van der Waals surface area contributed by atoms with Crippen LogP contribution in [-0.4, -0.2) is 31.7 Å². The first-order chi connectivity index (χ1) is 20.5. The van der Waals surface area contributed by atoms with E-state index in [1.807, 2.05) is 47.3 Å². The van der Waals surface area contributed by atoms with Gasteiger partial charge in [0.25, 0.3) is 0 Å². The zero-order valence-corrected chi connectivity index (χ0v) is 24.5. The molecule has 12 heteroatoms. The number of thiazole rings is 1. The Kier molecular flexibility index (Phi) is 8.76. The standard InChI is InChI=1S/C31H29F3N6O2S/c1-20(2)26-14-4-21(3)18-27(26)39-16-17-43-30(39)37-29(41)36-23-8-5-22(6-9-23)7-15-28-35-19-40(38-28)24-10-12-25(13-11-24)42-31(32,33)34/h4-6,8-14,16-20H,7,15H2,1-3H3,(H,36,41)/b37-30-. The SMILES string of the molecule is Cc1ccc(C(C)C)c(-n2ccs/c2=N\C(=O)Nc2ccc(CCc3ncn(-c4ccc(OC(F)(F)F)cc4)n3)cc2)c1. The summed E-state index contributed by atoms with van der Waals surface area (Å²) in [5.41, 5.74) is 5.53. The van der Waals surface area contributed by atoms with Gasteiger partial charge in [0.05, 0.1) is 11.4 Å². The monoisotopic (exact) mass is 606 g/mol. The summed E-state index contributed by atoms with van der Waals surface area (Å²) in [5.74, 6) is 0.602. The van der Waals surface area contributed by atoms with Crippen molar-refractivity contribution in [3.8, 4) is 17.1 Å². The van der Waals surface area contributed by atoms with Crippen molar-refractivity contribution in [2.45, 2.75) is 45.9 Å². The van der Waals surface area contributed by atoms with E-state index in [1.54, 1.807) is 0 Å². The van der Waals surface area contributed by atoms with Gasteiger partial charge in [-0.2, -0.15) is 10.1 Å². The molecule has 0 radical (unpaired) electrons. The number of carbonyl (C=O) groups is 1. The molecular formula is C31H29F3N6O2S. The van der Waals surface area contributed by atoms with Crippen molar-refractivity contribution in [3.05, 3.63) is 112 Å². The van der Waals surface area contributed by atoms with Crippen molar-refractivity contribution in [3.63, 3.8) is 0 Å². The van der Waals surface area contributed by atoms with E-state index in [2.05, 4.69) is 57.2 Å². The molecule has 2 aromatic heterocycles. The van der Waals surface area contributed by atoms with Gasteiger partial charge in [0, 0.05) is 23.7 Å². The summed E-state index contributed by atoms with van der Waals surface area (Å²) in [6.45, 7) is 6.32. The Bertz CT molecular complexity index is 1770. The number of ether oxygens (including phenoxy) is 1. The fourth-order valence-corrected chi connectivity index (χ4v) is 5.19. The van der Waals surface area contributed by atoms with Crippen LogP contribution >= 0.6 is 11.3 Å². The van der Waals surface area contributed by atoms with Crippen LogP contribution in [-0.2, 0) is 12.8 Å². The molecular weight excluding hydrogens is 577 g/mol. The first-order valence-corrected chi connectivity index (χ1v) is 14.4. The molecule has 1 N–H and O–H groups in total. The molecule has 222 valence electrons. The molecule has 0 atom stereocenters. The van der Waals surface area contributed by atoms with Crippen LogP contribution in [0.1, 0.15) is 42.3 Å². The molecule has 0 saturated heterocycles. The Labute approximate surface area is 250 Å². The highest BCUT2D eigenvalue weighted by atomic mass is 32.1. The first kappa shape index (κ1) is 29.8. The summed E-state index contributed by atoms with van der Waals surface area (Å²) in [6.07, 6.45) is -0.0948. The van der Waals surface area contributed by atoms with E-state index >= 15 is 0 Å². The molecule has 0 aliphatic carbocycles. The van der Waals surface area contributed by atoms with Crippen molar-refractivity contribution in [2.75, 3.05) is 5.32 Å². The number of aryl methyl sites for hydroxylation is 3. The topological polar surface area (TPSA) is 86.3 Å². The van der Waals surface area contributed by atoms with Gasteiger partial charge in [0.15, 0.2) is 10.6 Å². The van der Waals surface area contributed by atoms with Gasteiger partial charge in [0.2, 0.25) is 0 Å². The van der Waals surface area contributed by atoms with E-state index in [9.17, 15) is 18.0 Å². The second-order valence-electron chi connectivity index (χ2n) is 10.2. The molecule has 8 nitrogen and oxygen atoms in total. The van der Waals surface area contributed by atoms with Gasteiger partial charge in [-0.15, -0.1) is 24.5 Å². The third-order valence-electron chi connectivity index (χ3n) is 6.57. The fraction of sp³-hybridized carbons (Fsp3) is 0.226. The second-order valence-corrected chi connectivity index (χ2v) is 11.0. The second kappa shape index (κ2) is 12.7. The molecule has 5 aromatic rings. The first-order valence-electron chi connectivity index (χ1n) is 13.5. The van der Waals surface area contributed by atoms with Crippen molar-refractivity contribution < 1.29 is 22.7 Å². The van der Waals surface area contributed by atoms with Crippen molar-refractivity contribution >= 4 is 23.1 Å². The smallest absolute Gasteiger partial charge is 0.406 e. The zero-order valence-electron chi connectivity index (χ0n) is 23.7. The van der Waals surface area contributed by atoms with Crippen molar-refractivity contribution in [1.82, 2.24) is 19.3 Å². The van der Waals surface area contributed by atoms with Crippen LogP contribution in [0.2, 0.25) is 0 Å². The number of aromatic nitrogens is 4. The number of benzene rings is 3. The predicted octanol–water partition coefficient (Wildman–Crippen LogP) is 7.37.